The summed E-state index contributed by atoms with van der Waals surface area (Å²) >= 11 is 0. The van der Waals surface area contributed by atoms with Gasteiger partial charge in [-0.2, -0.15) is 0 Å². The lowest BCUT2D eigenvalue weighted by Crippen LogP contribution is -2.54. The standard InChI is InChI=1S/C33H40FN3O6S/c1-4-29(33(39)35-26-11-7-5-8-12-26)36(22-24-15-17-25(34)18-16-24)32(38)23-37(44(40,41)28-13-9-6-10-14-28)27-19-20-30(42-2)31(21-27)43-3/h6,9-10,13-21,26,29H,4-5,7-8,11-12,22-23H2,1-3H3,(H,35,39)/t29-/m0/s1. The van der Waals surface area contributed by atoms with Crippen LogP contribution >= 0.6 is 0 Å². The minimum atomic E-state index is -4.24. The van der Waals surface area contributed by atoms with Gasteiger partial charge in [-0.1, -0.05) is 56.5 Å². The Morgan fingerprint density at radius 2 is 1.59 bits per heavy atom. The van der Waals surface area contributed by atoms with Gasteiger partial charge in [-0.15, -0.1) is 0 Å². The van der Waals surface area contributed by atoms with Crippen LogP contribution in [-0.4, -0.2) is 58.0 Å². The number of ether oxygens (including phenoxy) is 2. The van der Waals surface area contributed by atoms with Crippen LogP contribution in [0.25, 0.3) is 0 Å². The number of nitrogens with one attached hydrogen (secondary N) is 1. The molecule has 2 amide bonds. The van der Waals surface area contributed by atoms with E-state index in [1.54, 1.807) is 36.4 Å². The number of benzene rings is 3. The normalized spacial score (nSPS) is 14.4. The topological polar surface area (TPSA) is 105 Å². The van der Waals surface area contributed by atoms with E-state index < -0.39 is 34.3 Å². The Labute approximate surface area is 259 Å². The molecule has 44 heavy (non-hydrogen) atoms. The fourth-order valence-electron chi connectivity index (χ4n) is 5.48. The average Bonchev–Trinajstić information content (AvgIpc) is 3.04. The van der Waals surface area contributed by atoms with E-state index in [0.29, 0.717) is 17.7 Å². The Balaban J connectivity index is 1.73. The number of hydrogen-bond donors (Lipinski definition) is 1. The van der Waals surface area contributed by atoms with E-state index in [2.05, 4.69) is 5.32 Å². The van der Waals surface area contributed by atoms with E-state index in [1.807, 2.05) is 6.92 Å². The number of sulfonamides is 1. The molecule has 1 saturated carbocycles. The summed E-state index contributed by atoms with van der Waals surface area (Å²) in [7, 11) is -1.34. The zero-order valence-electron chi connectivity index (χ0n) is 25.4. The van der Waals surface area contributed by atoms with Crippen LogP contribution in [0, 0.1) is 5.82 Å². The Morgan fingerprint density at radius 3 is 2.20 bits per heavy atom. The summed E-state index contributed by atoms with van der Waals surface area (Å²) in [5.74, 6) is -0.634. The first-order valence-electron chi connectivity index (χ1n) is 14.8. The summed E-state index contributed by atoms with van der Waals surface area (Å²) < 4.78 is 53.6. The maximum atomic E-state index is 14.3. The molecule has 236 valence electrons. The first-order chi connectivity index (χ1) is 21.2. The van der Waals surface area contributed by atoms with Crippen molar-refractivity contribution in [3.05, 3.63) is 84.2 Å². The van der Waals surface area contributed by atoms with Crippen molar-refractivity contribution in [2.24, 2.45) is 0 Å². The lowest BCUT2D eigenvalue weighted by atomic mass is 9.95. The van der Waals surface area contributed by atoms with Crippen molar-refractivity contribution in [3.8, 4) is 11.5 Å². The zero-order chi connectivity index (χ0) is 31.7. The van der Waals surface area contributed by atoms with Crippen LogP contribution in [0.4, 0.5) is 10.1 Å². The molecule has 0 spiro atoms. The molecule has 3 aromatic rings. The fourth-order valence-corrected chi connectivity index (χ4v) is 6.91. The second-order valence-electron chi connectivity index (χ2n) is 10.8. The SMILES string of the molecule is CC[C@@H](C(=O)NC1CCCCC1)N(Cc1ccc(F)cc1)C(=O)CN(c1ccc(OC)c(OC)c1)S(=O)(=O)c1ccccc1. The van der Waals surface area contributed by atoms with Crippen molar-refractivity contribution >= 4 is 27.5 Å². The fraction of sp³-hybridized carbons (Fsp3) is 0.394. The number of anilines is 1. The third-order valence-electron chi connectivity index (χ3n) is 7.87. The number of halogens is 1. The minimum absolute atomic E-state index is 0.00486. The molecule has 1 fully saturated rings. The molecular weight excluding hydrogens is 585 g/mol. The Bertz CT molecular complexity index is 1510. The highest BCUT2D eigenvalue weighted by atomic mass is 32.2. The van der Waals surface area contributed by atoms with Crippen molar-refractivity contribution in [3.63, 3.8) is 0 Å². The van der Waals surface area contributed by atoms with Crippen molar-refractivity contribution in [2.45, 2.75) is 69.0 Å². The van der Waals surface area contributed by atoms with E-state index in [9.17, 15) is 22.4 Å². The lowest BCUT2D eigenvalue weighted by Gasteiger charge is -2.34. The Hall–Kier alpha value is -4.12. The molecule has 0 heterocycles. The second kappa shape index (κ2) is 15.1. The first-order valence-corrected chi connectivity index (χ1v) is 16.3. The van der Waals surface area contributed by atoms with Crippen LogP contribution in [0.15, 0.2) is 77.7 Å². The van der Waals surface area contributed by atoms with Crippen LogP contribution in [-0.2, 0) is 26.2 Å². The highest BCUT2D eigenvalue weighted by Gasteiger charge is 2.34. The first kappa shape index (κ1) is 32.8. The van der Waals surface area contributed by atoms with Gasteiger partial charge < -0.3 is 19.7 Å². The molecule has 0 saturated heterocycles. The van der Waals surface area contributed by atoms with Crippen LogP contribution in [0.2, 0.25) is 0 Å². The van der Waals surface area contributed by atoms with E-state index in [1.165, 1.54) is 55.5 Å². The van der Waals surface area contributed by atoms with E-state index in [4.69, 9.17) is 9.47 Å². The monoisotopic (exact) mass is 625 g/mol. The number of hydrogen-bond acceptors (Lipinski definition) is 6. The molecule has 1 atom stereocenters. The summed E-state index contributed by atoms with van der Waals surface area (Å²) in [4.78, 5) is 29.3. The summed E-state index contributed by atoms with van der Waals surface area (Å²) in [6, 6.07) is 17.2. The van der Waals surface area contributed by atoms with Crippen LogP contribution in [0.3, 0.4) is 0 Å². The third kappa shape index (κ3) is 7.88. The lowest BCUT2D eigenvalue weighted by molar-refractivity contribution is -0.140. The quantitative estimate of drug-likeness (QED) is 0.277. The van der Waals surface area contributed by atoms with Gasteiger partial charge in [-0.25, -0.2) is 12.8 Å². The molecule has 9 nitrogen and oxygen atoms in total. The molecule has 4 rings (SSSR count). The van der Waals surface area contributed by atoms with Gasteiger partial charge in [0, 0.05) is 18.7 Å². The molecule has 1 aliphatic rings. The molecule has 3 aromatic carbocycles. The van der Waals surface area contributed by atoms with Gasteiger partial charge in [0.15, 0.2) is 11.5 Å². The predicted octanol–water partition coefficient (Wildman–Crippen LogP) is 5.29. The highest BCUT2D eigenvalue weighted by Crippen LogP contribution is 2.34. The number of nitrogens with zero attached hydrogens (tertiary/aromatic N) is 2. The van der Waals surface area contributed by atoms with Crippen LogP contribution in [0.5, 0.6) is 11.5 Å². The average molecular weight is 626 g/mol. The van der Waals surface area contributed by atoms with E-state index in [0.717, 1.165) is 36.4 Å². The molecule has 0 bridgehead atoms. The van der Waals surface area contributed by atoms with Gasteiger partial charge in [-0.05, 0) is 61.2 Å². The summed E-state index contributed by atoms with van der Waals surface area (Å²) in [5.41, 5.74) is 0.786. The second-order valence-corrected chi connectivity index (χ2v) is 12.6. The predicted molar refractivity (Wildman–Crippen MR) is 167 cm³/mol. The molecule has 0 unspecified atom stereocenters. The van der Waals surface area contributed by atoms with Gasteiger partial charge in [0.05, 0.1) is 24.8 Å². The van der Waals surface area contributed by atoms with Gasteiger partial charge in [0.1, 0.15) is 18.4 Å². The summed E-state index contributed by atoms with van der Waals surface area (Å²) in [5, 5.41) is 3.11. The van der Waals surface area contributed by atoms with Crippen molar-refractivity contribution < 1.29 is 31.9 Å². The van der Waals surface area contributed by atoms with Gasteiger partial charge in [0.25, 0.3) is 10.0 Å². The highest BCUT2D eigenvalue weighted by molar-refractivity contribution is 7.92. The molecule has 1 N–H and O–H groups in total. The minimum Gasteiger partial charge on any atom is -0.493 e. The molecule has 0 aliphatic heterocycles. The Kier molecular flexibility index (Phi) is 11.2. The maximum Gasteiger partial charge on any atom is 0.264 e. The van der Waals surface area contributed by atoms with Crippen molar-refractivity contribution in [1.82, 2.24) is 10.2 Å². The summed E-state index contributed by atoms with van der Waals surface area (Å²) in [6.07, 6.45) is 5.22. The summed E-state index contributed by atoms with van der Waals surface area (Å²) in [6.45, 7) is 1.20. The smallest absolute Gasteiger partial charge is 0.264 e. The molecule has 0 aromatic heterocycles. The van der Waals surface area contributed by atoms with Gasteiger partial charge in [0.2, 0.25) is 11.8 Å². The van der Waals surface area contributed by atoms with E-state index >= 15 is 0 Å². The van der Waals surface area contributed by atoms with Crippen molar-refractivity contribution in [1.29, 1.82) is 0 Å². The van der Waals surface area contributed by atoms with Crippen molar-refractivity contribution in [2.75, 3.05) is 25.1 Å². The van der Waals surface area contributed by atoms with Crippen LogP contribution < -0.4 is 19.1 Å². The Morgan fingerprint density at radius 1 is 0.932 bits per heavy atom. The number of carbonyl (C=O) groups is 2. The number of carbonyl (C=O) groups excluding carboxylic acids is 2. The molecule has 1 aliphatic carbocycles. The van der Waals surface area contributed by atoms with Crippen LogP contribution in [0.1, 0.15) is 51.0 Å². The molecule has 0 radical (unpaired) electrons. The number of amides is 2. The van der Waals surface area contributed by atoms with E-state index in [-0.39, 0.29) is 34.8 Å². The number of methoxy groups -OCH3 is 2. The molecular formula is C33H40FN3O6S. The molecule has 11 heteroatoms. The number of rotatable bonds is 13. The maximum absolute atomic E-state index is 14.3. The third-order valence-corrected chi connectivity index (χ3v) is 9.66. The van der Waals surface area contributed by atoms with Gasteiger partial charge in [-0.3, -0.25) is 13.9 Å². The largest absolute Gasteiger partial charge is 0.493 e. The zero-order valence-corrected chi connectivity index (χ0v) is 26.2. The van der Waals surface area contributed by atoms with Gasteiger partial charge >= 0.3 is 0 Å².